The van der Waals surface area contributed by atoms with Gasteiger partial charge in [0.05, 0.1) is 34.0 Å². The van der Waals surface area contributed by atoms with Gasteiger partial charge in [0.1, 0.15) is 0 Å². The van der Waals surface area contributed by atoms with E-state index in [2.05, 4.69) is 10.3 Å². The predicted octanol–water partition coefficient (Wildman–Crippen LogP) is 3.90. The van der Waals surface area contributed by atoms with E-state index < -0.39 is 0 Å². The van der Waals surface area contributed by atoms with Crippen LogP contribution in [0.2, 0.25) is 5.02 Å². The lowest BCUT2D eigenvalue weighted by Crippen LogP contribution is -2.50. The third-order valence-electron chi connectivity index (χ3n) is 5.57. The van der Waals surface area contributed by atoms with Crippen LogP contribution in [-0.2, 0) is 4.79 Å². The van der Waals surface area contributed by atoms with Crippen molar-refractivity contribution in [2.45, 2.75) is 13.8 Å². The van der Waals surface area contributed by atoms with E-state index in [4.69, 9.17) is 11.6 Å². The quantitative estimate of drug-likeness (QED) is 0.673. The molecule has 7 heteroatoms. The minimum Gasteiger partial charge on any atom is -0.336 e. The van der Waals surface area contributed by atoms with Crippen LogP contribution in [0.5, 0.6) is 0 Å². The maximum atomic E-state index is 13.1. The number of amides is 2. The molecule has 2 amide bonds. The number of aryl methyl sites for hydroxylation is 2. The van der Waals surface area contributed by atoms with Crippen molar-refractivity contribution in [3.8, 4) is 0 Å². The summed E-state index contributed by atoms with van der Waals surface area (Å²) in [4.78, 5) is 34.0. The maximum absolute atomic E-state index is 13.1. The molecule has 0 radical (unpaired) electrons. The van der Waals surface area contributed by atoms with Crippen molar-refractivity contribution in [3.05, 3.63) is 70.4 Å². The van der Waals surface area contributed by atoms with Gasteiger partial charge in [0.25, 0.3) is 5.91 Å². The van der Waals surface area contributed by atoms with E-state index in [9.17, 15) is 9.59 Å². The van der Waals surface area contributed by atoms with E-state index in [1.807, 2.05) is 60.0 Å². The number of carbonyl (C=O) groups is 2. The van der Waals surface area contributed by atoms with Gasteiger partial charge >= 0.3 is 0 Å². The lowest BCUT2D eigenvalue weighted by molar-refractivity contribution is -0.117. The lowest BCUT2D eigenvalue weighted by atomic mass is 10.1. The number of anilines is 1. The zero-order valence-corrected chi connectivity index (χ0v) is 18.4. The number of fused-ring (bicyclic) bond motifs is 1. The van der Waals surface area contributed by atoms with E-state index in [1.165, 1.54) is 0 Å². The summed E-state index contributed by atoms with van der Waals surface area (Å²) >= 11 is 6.10. The molecular weight excluding hydrogens is 412 g/mol. The molecule has 1 aliphatic rings. The first-order chi connectivity index (χ1) is 14.9. The Morgan fingerprint density at radius 1 is 1.03 bits per heavy atom. The van der Waals surface area contributed by atoms with Crippen molar-refractivity contribution in [2.75, 3.05) is 38.0 Å². The molecule has 3 aromatic rings. The second-order valence-electron chi connectivity index (χ2n) is 7.91. The molecule has 160 valence electrons. The molecule has 1 aromatic heterocycles. The van der Waals surface area contributed by atoms with Gasteiger partial charge in [-0.15, -0.1) is 0 Å². The van der Waals surface area contributed by atoms with Gasteiger partial charge in [0.15, 0.2) is 0 Å². The molecule has 2 heterocycles. The molecule has 1 aliphatic heterocycles. The topological polar surface area (TPSA) is 65.5 Å². The summed E-state index contributed by atoms with van der Waals surface area (Å²) in [6.07, 6.45) is 0. The van der Waals surface area contributed by atoms with Crippen LogP contribution >= 0.6 is 11.6 Å². The minimum atomic E-state index is -0.113. The molecule has 6 nitrogen and oxygen atoms in total. The smallest absolute Gasteiger partial charge is 0.255 e. The number of hydrogen-bond acceptors (Lipinski definition) is 4. The molecule has 0 unspecified atom stereocenters. The number of rotatable bonds is 4. The van der Waals surface area contributed by atoms with E-state index >= 15 is 0 Å². The van der Waals surface area contributed by atoms with Crippen LogP contribution in [0.3, 0.4) is 0 Å². The van der Waals surface area contributed by atoms with E-state index in [1.54, 1.807) is 12.1 Å². The number of aromatic nitrogens is 1. The van der Waals surface area contributed by atoms with Crippen LogP contribution < -0.4 is 5.32 Å². The Hall–Kier alpha value is -2.96. The van der Waals surface area contributed by atoms with Gasteiger partial charge in [0, 0.05) is 31.6 Å². The summed E-state index contributed by atoms with van der Waals surface area (Å²) in [7, 11) is 0. The lowest BCUT2D eigenvalue weighted by Gasteiger charge is -2.34. The van der Waals surface area contributed by atoms with Gasteiger partial charge in [-0.05, 0) is 44.2 Å². The Morgan fingerprint density at radius 3 is 2.52 bits per heavy atom. The summed E-state index contributed by atoms with van der Waals surface area (Å²) in [5, 5.41) is 4.34. The van der Waals surface area contributed by atoms with E-state index in [-0.39, 0.29) is 18.4 Å². The molecular formula is C24H25ClN4O2. The van der Waals surface area contributed by atoms with Crippen molar-refractivity contribution < 1.29 is 9.59 Å². The molecule has 4 rings (SSSR count). The Bertz CT molecular complexity index is 1140. The number of pyridine rings is 1. The molecule has 1 fully saturated rings. The molecule has 0 aliphatic carbocycles. The van der Waals surface area contributed by atoms with Crippen LogP contribution in [0.25, 0.3) is 10.9 Å². The number of nitrogens with zero attached hydrogens (tertiary/aromatic N) is 3. The number of nitrogens with one attached hydrogen (secondary N) is 1. The Labute approximate surface area is 186 Å². The Kier molecular flexibility index (Phi) is 6.20. The fourth-order valence-electron chi connectivity index (χ4n) is 3.84. The molecule has 1 N–H and O–H groups in total. The monoisotopic (exact) mass is 436 g/mol. The van der Waals surface area contributed by atoms with Crippen LogP contribution in [0.4, 0.5) is 5.69 Å². The molecule has 31 heavy (non-hydrogen) atoms. The highest BCUT2D eigenvalue weighted by Crippen LogP contribution is 2.21. The number of hydrogen-bond donors (Lipinski definition) is 1. The Balaban J connectivity index is 1.37. The van der Waals surface area contributed by atoms with Gasteiger partial charge in [0.2, 0.25) is 5.91 Å². The molecule has 1 saturated heterocycles. The number of halogens is 1. The largest absolute Gasteiger partial charge is 0.336 e. The van der Waals surface area contributed by atoms with Crippen LogP contribution in [0.15, 0.2) is 48.5 Å². The molecule has 0 spiro atoms. The zero-order chi connectivity index (χ0) is 22.0. The predicted molar refractivity (Wildman–Crippen MR) is 124 cm³/mol. The molecule has 0 bridgehead atoms. The van der Waals surface area contributed by atoms with Crippen molar-refractivity contribution in [1.29, 1.82) is 0 Å². The average Bonchev–Trinajstić information content (AvgIpc) is 2.75. The van der Waals surface area contributed by atoms with Crippen molar-refractivity contribution in [3.63, 3.8) is 0 Å². The first kappa shape index (κ1) is 21.3. The van der Waals surface area contributed by atoms with Gasteiger partial charge in [-0.2, -0.15) is 0 Å². The average molecular weight is 437 g/mol. The summed E-state index contributed by atoms with van der Waals surface area (Å²) < 4.78 is 0. The molecule has 0 saturated carbocycles. The van der Waals surface area contributed by atoms with Crippen LogP contribution in [0, 0.1) is 13.8 Å². The van der Waals surface area contributed by atoms with E-state index in [0.717, 1.165) is 22.2 Å². The fraction of sp³-hybridized carbons (Fsp3) is 0.292. The van der Waals surface area contributed by atoms with Crippen LogP contribution in [-0.4, -0.2) is 59.3 Å². The summed E-state index contributed by atoms with van der Waals surface area (Å²) in [5.41, 5.74) is 4.03. The highest BCUT2D eigenvalue weighted by atomic mass is 35.5. The third kappa shape index (κ3) is 4.86. The minimum absolute atomic E-state index is 0.00595. The second-order valence-corrected chi connectivity index (χ2v) is 8.32. The van der Waals surface area contributed by atoms with Crippen LogP contribution in [0.1, 0.15) is 21.6 Å². The van der Waals surface area contributed by atoms with Crippen molar-refractivity contribution in [1.82, 2.24) is 14.8 Å². The van der Waals surface area contributed by atoms with Crippen molar-refractivity contribution in [2.24, 2.45) is 0 Å². The normalized spacial score (nSPS) is 14.6. The second kappa shape index (κ2) is 9.04. The van der Waals surface area contributed by atoms with Gasteiger partial charge in [-0.3, -0.25) is 19.5 Å². The zero-order valence-electron chi connectivity index (χ0n) is 17.7. The fourth-order valence-corrected chi connectivity index (χ4v) is 4.03. The number of piperazine rings is 1. The maximum Gasteiger partial charge on any atom is 0.255 e. The first-order valence-electron chi connectivity index (χ1n) is 10.3. The summed E-state index contributed by atoms with van der Waals surface area (Å²) in [5.74, 6) is -0.119. The Morgan fingerprint density at radius 2 is 1.77 bits per heavy atom. The highest BCUT2D eigenvalue weighted by Gasteiger charge is 2.25. The van der Waals surface area contributed by atoms with Gasteiger partial charge in [-0.25, -0.2) is 0 Å². The van der Waals surface area contributed by atoms with Gasteiger partial charge in [-0.1, -0.05) is 35.4 Å². The first-order valence-corrected chi connectivity index (χ1v) is 10.7. The number of benzene rings is 2. The van der Waals surface area contributed by atoms with E-state index in [0.29, 0.717) is 42.5 Å². The highest BCUT2D eigenvalue weighted by molar-refractivity contribution is 6.33. The summed E-state index contributed by atoms with van der Waals surface area (Å²) in [6, 6.07) is 15.2. The molecule has 2 aromatic carbocycles. The number of para-hydroxylation sites is 1. The molecule has 0 atom stereocenters. The van der Waals surface area contributed by atoms with Crippen molar-refractivity contribution >= 4 is 40.0 Å². The summed E-state index contributed by atoms with van der Waals surface area (Å²) in [6.45, 7) is 6.60. The standard InChI is InChI=1S/C24H25ClN4O2/c1-16-7-8-21-18(13-16)14-19(17(2)26-21)24(31)29-11-9-28(10-12-29)15-23(30)27-22-6-4-3-5-20(22)25/h3-8,13-14H,9-12,15H2,1-2H3,(H,27,30). The third-order valence-corrected chi connectivity index (χ3v) is 5.90. The van der Waals surface area contributed by atoms with Gasteiger partial charge < -0.3 is 10.2 Å². The number of carbonyl (C=O) groups excluding carboxylic acids is 2. The SMILES string of the molecule is Cc1ccc2nc(C)c(C(=O)N3CCN(CC(=O)Nc4ccccc4Cl)CC3)cc2c1.